The molecule has 0 aromatic rings. The Morgan fingerprint density at radius 3 is 2.46 bits per heavy atom. The highest BCUT2D eigenvalue weighted by Crippen LogP contribution is 2.12. The van der Waals surface area contributed by atoms with Crippen molar-refractivity contribution in [3.8, 4) is 0 Å². The normalized spacial score (nSPS) is 14.5. The largest absolute Gasteiger partial charge is 0.401 e. The molecule has 80 valence electrons. The summed E-state index contributed by atoms with van der Waals surface area (Å²) in [4.78, 5) is 0. The molecular formula is C8H16F3NO. The Balaban J connectivity index is 3.31. The molecule has 0 spiro atoms. The van der Waals surface area contributed by atoms with E-state index < -0.39 is 12.7 Å². The lowest BCUT2D eigenvalue weighted by atomic mass is 10.2. The second-order valence-corrected chi connectivity index (χ2v) is 3.01. The van der Waals surface area contributed by atoms with Crippen LogP contribution in [-0.4, -0.2) is 32.5 Å². The van der Waals surface area contributed by atoms with Crippen molar-refractivity contribution < 1.29 is 17.9 Å². The van der Waals surface area contributed by atoms with Crippen molar-refractivity contribution in [1.82, 2.24) is 5.32 Å². The van der Waals surface area contributed by atoms with Gasteiger partial charge in [-0.3, -0.25) is 0 Å². The Hall–Kier alpha value is -0.290. The van der Waals surface area contributed by atoms with Crippen LogP contribution in [0.5, 0.6) is 0 Å². The van der Waals surface area contributed by atoms with Crippen LogP contribution in [0.15, 0.2) is 0 Å². The van der Waals surface area contributed by atoms with Gasteiger partial charge < -0.3 is 10.1 Å². The lowest BCUT2D eigenvalue weighted by molar-refractivity contribution is -0.125. The lowest BCUT2D eigenvalue weighted by Gasteiger charge is -2.13. The molecule has 0 rings (SSSR count). The van der Waals surface area contributed by atoms with Crippen LogP contribution in [0.2, 0.25) is 0 Å². The predicted octanol–water partition coefficient (Wildman–Crippen LogP) is 1.81. The van der Waals surface area contributed by atoms with Gasteiger partial charge in [-0.05, 0) is 12.8 Å². The highest BCUT2D eigenvalue weighted by molar-refractivity contribution is 4.59. The Morgan fingerprint density at radius 1 is 1.38 bits per heavy atom. The fraction of sp³-hybridized carbons (Fsp3) is 1.00. The SMILES string of the molecule is CCOCC(C)CNCC(F)(F)F. The maximum Gasteiger partial charge on any atom is 0.401 e. The van der Waals surface area contributed by atoms with Crippen LogP contribution in [0.3, 0.4) is 0 Å². The number of ether oxygens (including phenoxy) is 1. The molecule has 5 heteroatoms. The van der Waals surface area contributed by atoms with E-state index in [1.54, 1.807) is 0 Å². The molecule has 0 radical (unpaired) electrons. The quantitative estimate of drug-likeness (QED) is 0.704. The van der Waals surface area contributed by atoms with Gasteiger partial charge in [0, 0.05) is 13.2 Å². The van der Waals surface area contributed by atoms with Crippen LogP contribution in [0.4, 0.5) is 13.2 Å². The Bertz CT molecular complexity index is 127. The first-order valence-corrected chi connectivity index (χ1v) is 4.31. The summed E-state index contributed by atoms with van der Waals surface area (Å²) in [6.07, 6.45) is -4.12. The first-order valence-electron chi connectivity index (χ1n) is 4.31. The molecule has 2 nitrogen and oxygen atoms in total. The molecule has 0 heterocycles. The lowest BCUT2D eigenvalue weighted by Crippen LogP contribution is -2.33. The zero-order chi connectivity index (χ0) is 10.3. The van der Waals surface area contributed by atoms with Crippen LogP contribution in [0.25, 0.3) is 0 Å². The molecule has 1 atom stereocenters. The second-order valence-electron chi connectivity index (χ2n) is 3.01. The van der Waals surface area contributed by atoms with Crippen LogP contribution in [0, 0.1) is 5.92 Å². The van der Waals surface area contributed by atoms with Crippen molar-refractivity contribution in [3.63, 3.8) is 0 Å². The van der Waals surface area contributed by atoms with Gasteiger partial charge in [0.2, 0.25) is 0 Å². The first kappa shape index (κ1) is 12.7. The number of hydrogen-bond donors (Lipinski definition) is 1. The van der Waals surface area contributed by atoms with E-state index in [9.17, 15) is 13.2 Å². The third-order valence-corrected chi connectivity index (χ3v) is 1.42. The van der Waals surface area contributed by atoms with Crippen LogP contribution < -0.4 is 5.32 Å². The molecule has 1 N–H and O–H groups in total. The summed E-state index contributed by atoms with van der Waals surface area (Å²) in [6, 6.07) is 0. The minimum Gasteiger partial charge on any atom is -0.381 e. The van der Waals surface area contributed by atoms with Gasteiger partial charge in [0.25, 0.3) is 0 Å². The van der Waals surface area contributed by atoms with Crippen molar-refractivity contribution in [2.75, 3.05) is 26.3 Å². The summed E-state index contributed by atoms with van der Waals surface area (Å²) in [5.41, 5.74) is 0. The van der Waals surface area contributed by atoms with Gasteiger partial charge in [0.1, 0.15) is 0 Å². The van der Waals surface area contributed by atoms with Gasteiger partial charge in [0.15, 0.2) is 0 Å². The van der Waals surface area contributed by atoms with Crippen molar-refractivity contribution in [2.45, 2.75) is 20.0 Å². The molecule has 0 fully saturated rings. The van der Waals surface area contributed by atoms with E-state index in [4.69, 9.17) is 4.74 Å². The summed E-state index contributed by atoms with van der Waals surface area (Å²) in [5.74, 6) is 0.113. The minimum atomic E-state index is -4.12. The van der Waals surface area contributed by atoms with Gasteiger partial charge >= 0.3 is 6.18 Å². The molecule has 0 amide bonds. The standard InChI is InChI=1S/C8H16F3NO/c1-3-13-5-7(2)4-12-6-8(9,10)11/h7,12H,3-6H2,1-2H3. The van der Waals surface area contributed by atoms with Crippen molar-refractivity contribution in [3.05, 3.63) is 0 Å². The molecule has 0 saturated heterocycles. The summed E-state index contributed by atoms with van der Waals surface area (Å²) in [5, 5.41) is 2.33. The van der Waals surface area contributed by atoms with Gasteiger partial charge in [-0.2, -0.15) is 13.2 Å². The Labute approximate surface area is 76.5 Å². The molecule has 0 aromatic heterocycles. The van der Waals surface area contributed by atoms with Crippen molar-refractivity contribution in [2.24, 2.45) is 5.92 Å². The summed E-state index contributed by atoms with van der Waals surface area (Å²) >= 11 is 0. The number of halogens is 3. The number of rotatable bonds is 6. The molecule has 0 aromatic carbocycles. The van der Waals surface area contributed by atoms with Gasteiger partial charge in [-0.1, -0.05) is 6.92 Å². The average Bonchev–Trinajstić information content (AvgIpc) is 1.98. The van der Waals surface area contributed by atoms with Crippen molar-refractivity contribution in [1.29, 1.82) is 0 Å². The zero-order valence-corrected chi connectivity index (χ0v) is 7.95. The molecule has 0 saturated carbocycles. The Kier molecular flexibility index (Phi) is 6.07. The van der Waals surface area contributed by atoms with Crippen LogP contribution >= 0.6 is 0 Å². The van der Waals surface area contributed by atoms with E-state index in [0.29, 0.717) is 19.8 Å². The summed E-state index contributed by atoms with van der Waals surface area (Å²) in [7, 11) is 0. The molecule has 1 unspecified atom stereocenters. The van der Waals surface area contributed by atoms with Crippen LogP contribution in [-0.2, 0) is 4.74 Å². The molecule has 13 heavy (non-hydrogen) atoms. The summed E-state index contributed by atoms with van der Waals surface area (Å²) in [6.45, 7) is 4.21. The second kappa shape index (κ2) is 6.21. The Morgan fingerprint density at radius 2 is 2.00 bits per heavy atom. The monoisotopic (exact) mass is 199 g/mol. The number of nitrogens with one attached hydrogen (secondary N) is 1. The molecule has 0 bridgehead atoms. The van der Waals surface area contributed by atoms with E-state index in [0.717, 1.165) is 0 Å². The topological polar surface area (TPSA) is 21.3 Å². The highest BCUT2D eigenvalue weighted by Gasteiger charge is 2.26. The third-order valence-electron chi connectivity index (χ3n) is 1.42. The van der Waals surface area contributed by atoms with Crippen molar-refractivity contribution >= 4 is 0 Å². The van der Waals surface area contributed by atoms with Gasteiger partial charge in [-0.15, -0.1) is 0 Å². The third kappa shape index (κ3) is 9.63. The fourth-order valence-electron chi connectivity index (χ4n) is 0.838. The molecule has 0 aliphatic heterocycles. The van der Waals surface area contributed by atoms with E-state index in [2.05, 4.69) is 5.32 Å². The van der Waals surface area contributed by atoms with Crippen LogP contribution in [0.1, 0.15) is 13.8 Å². The van der Waals surface area contributed by atoms with E-state index >= 15 is 0 Å². The minimum absolute atomic E-state index is 0.113. The number of alkyl halides is 3. The smallest absolute Gasteiger partial charge is 0.381 e. The molecule has 0 aliphatic rings. The average molecular weight is 199 g/mol. The predicted molar refractivity (Wildman–Crippen MR) is 44.6 cm³/mol. The van der Waals surface area contributed by atoms with E-state index in [1.165, 1.54) is 0 Å². The molecule has 0 aliphatic carbocycles. The summed E-state index contributed by atoms with van der Waals surface area (Å²) < 4.78 is 40.0. The first-order chi connectivity index (χ1) is 5.95. The van der Waals surface area contributed by atoms with Gasteiger partial charge in [-0.25, -0.2) is 0 Å². The fourth-order valence-corrected chi connectivity index (χ4v) is 0.838. The zero-order valence-electron chi connectivity index (χ0n) is 7.95. The van der Waals surface area contributed by atoms with Gasteiger partial charge in [0.05, 0.1) is 13.2 Å². The molecular weight excluding hydrogens is 183 g/mol. The maximum absolute atomic E-state index is 11.7. The highest BCUT2D eigenvalue weighted by atomic mass is 19.4. The number of hydrogen-bond acceptors (Lipinski definition) is 2. The maximum atomic E-state index is 11.7. The van der Waals surface area contributed by atoms with E-state index in [-0.39, 0.29) is 5.92 Å². The van der Waals surface area contributed by atoms with E-state index in [1.807, 2.05) is 13.8 Å².